The number of carbonyl (C=O) groups is 1. The molecule has 3 rings (SSSR count). The second-order valence-electron chi connectivity index (χ2n) is 5.67. The van der Waals surface area contributed by atoms with Crippen LogP contribution >= 0.6 is 11.3 Å². The van der Waals surface area contributed by atoms with Crippen LogP contribution in [0.2, 0.25) is 0 Å². The molecule has 0 aliphatic carbocycles. The van der Waals surface area contributed by atoms with Gasteiger partial charge in [-0.15, -0.1) is 11.3 Å². The SMILES string of the molecule is Cc1nc(-c2cccnc2)sc1CCNC(=O)Cc1ccc(F)cc1. The van der Waals surface area contributed by atoms with Crippen molar-refractivity contribution in [3.05, 3.63) is 70.7 Å². The number of benzene rings is 1. The van der Waals surface area contributed by atoms with Crippen molar-refractivity contribution in [1.29, 1.82) is 0 Å². The molecule has 2 aromatic heterocycles. The Morgan fingerprint density at radius 1 is 1.24 bits per heavy atom. The molecule has 0 radical (unpaired) electrons. The highest BCUT2D eigenvalue weighted by Gasteiger charge is 2.10. The van der Waals surface area contributed by atoms with Crippen LogP contribution in [0.3, 0.4) is 0 Å². The Kier molecular flexibility index (Phi) is 5.50. The molecule has 1 N–H and O–H groups in total. The highest BCUT2D eigenvalue weighted by molar-refractivity contribution is 7.15. The second-order valence-corrected chi connectivity index (χ2v) is 6.76. The van der Waals surface area contributed by atoms with Crippen LogP contribution in [0.1, 0.15) is 16.1 Å². The Morgan fingerprint density at radius 2 is 2.04 bits per heavy atom. The molecule has 3 aromatic rings. The maximum absolute atomic E-state index is 12.9. The van der Waals surface area contributed by atoms with E-state index < -0.39 is 0 Å². The third kappa shape index (κ3) is 4.70. The molecule has 0 atom stereocenters. The maximum Gasteiger partial charge on any atom is 0.224 e. The van der Waals surface area contributed by atoms with Gasteiger partial charge in [0, 0.05) is 35.8 Å². The quantitative estimate of drug-likeness (QED) is 0.736. The molecule has 1 amide bonds. The topological polar surface area (TPSA) is 54.9 Å². The molecule has 0 aliphatic heterocycles. The number of aromatic nitrogens is 2. The normalized spacial score (nSPS) is 10.6. The number of carbonyl (C=O) groups excluding carboxylic acids is 1. The van der Waals surface area contributed by atoms with Crippen molar-refractivity contribution in [2.75, 3.05) is 6.54 Å². The largest absolute Gasteiger partial charge is 0.355 e. The van der Waals surface area contributed by atoms with Gasteiger partial charge in [-0.25, -0.2) is 9.37 Å². The zero-order chi connectivity index (χ0) is 17.6. The van der Waals surface area contributed by atoms with Crippen LogP contribution < -0.4 is 5.32 Å². The number of thiazole rings is 1. The zero-order valence-electron chi connectivity index (χ0n) is 13.8. The first-order chi connectivity index (χ1) is 12.1. The molecular weight excluding hydrogens is 337 g/mol. The monoisotopic (exact) mass is 355 g/mol. The first-order valence-corrected chi connectivity index (χ1v) is 8.81. The van der Waals surface area contributed by atoms with E-state index in [-0.39, 0.29) is 18.1 Å². The van der Waals surface area contributed by atoms with Gasteiger partial charge in [0.2, 0.25) is 5.91 Å². The van der Waals surface area contributed by atoms with Gasteiger partial charge in [0.1, 0.15) is 10.8 Å². The lowest BCUT2D eigenvalue weighted by Gasteiger charge is -2.05. The molecule has 25 heavy (non-hydrogen) atoms. The molecule has 0 unspecified atom stereocenters. The van der Waals surface area contributed by atoms with Gasteiger partial charge in [-0.1, -0.05) is 12.1 Å². The number of nitrogens with one attached hydrogen (secondary N) is 1. The molecule has 2 heterocycles. The summed E-state index contributed by atoms with van der Waals surface area (Å²) in [6, 6.07) is 9.86. The average molecular weight is 355 g/mol. The fourth-order valence-corrected chi connectivity index (χ4v) is 3.49. The van der Waals surface area contributed by atoms with Crippen molar-refractivity contribution in [1.82, 2.24) is 15.3 Å². The predicted molar refractivity (Wildman–Crippen MR) is 96.9 cm³/mol. The summed E-state index contributed by atoms with van der Waals surface area (Å²) in [7, 11) is 0. The Balaban J connectivity index is 1.53. The molecule has 128 valence electrons. The minimum absolute atomic E-state index is 0.0683. The predicted octanol–water partition coefficient (Wildman–Crippen LogP) is 3.55. The molecule has 0 saturated heterocycles. The van der Waals surface area contributed by atoms with E-state index in [1.165, 1.54) is 12.1 Å². The Labute approximate surface area is 149 Å². The minimum atomic E-state index is -0.297. The summed E-state index contributed by atoms with van der Waals surface area (Å²) in [4.78, 5) is 21.8. The van der Waals surface area contributed by atoms with Crippen molar-refractivity contribution >= 4 is 17.2 Å². The summed E-state index contributed by atoms with van der Waals surface area (Å²) in [5.74, 6) is -0.365. The van der Waals surface area contributed by atoms with Gasteiger partial charge >= 0.3 is 0 Å². The van der Waals surface area contributed by atoms with Crippen LogP contribution in [-0.2, 0) is 17.6 Å². The van der Waals surface area contributed by atoms with Gasteiger partial charge in [-0.2, -0.15) is 0 Å². The van der Waals surface area contributed by atoms with Crippen LogP contribution in [0.15, 0.2) is 48.8 Å². The van der Waals surface area contributed by atoms with Gasteiger partial charge < -0.3 is 5.32 Å². The van der Waals surface area contributed by atoms with Crippen LogP contribution in [-0.4, -0.2) is 22.4 Å². The van der Waals surface area contributed by atoms with E-state index in [0.29, 0.717) is 6.54 Å². The number of pyridine rings is 1. The van der Waals surface area contributed by atoms with E-state index in [1.807, 2.05) is 19.1 Å². The fourth-order valence-electron chi connectivity index (χ4n) is 2.44. The highest BCUT2D eigenvalue weighted by atomic mass is 32.1. The number of hydrogen-bond donors (Lipinski definition) is 1. The lowest BCUT2D eigenvalue weighted by Crippen LogP contribution is -2.27. The molecule has 1 aromatic carbocycles. The van der Waals surface area contributed by atoms with Gasteiger partial charge in [0.05, 0.1) is 12.1 Å². The van der Waals surface area contributed by atoms with Crippen molar-refractivity contribution in [3.8, 4) is 10.6 Å². The van der Waals surface area contributed by atoms with E-state index >= 15 is 0 Å². The average Bonchev–Trinajstić information content (AvgIpc) is 2.99. The summed E-state index contributed by atoms with van der Waals surface area (Å²) in [6.07, 6.45) is 4.52. The Morgan fingerprint density at radius 3 is 2.76 bits per heavy atom. The van der Waals surface area contributed by atoms with E-state index in [0.717, 1.165) is 33.1 Å². The first-order valence-electron chi connectivity index (χ1n) is 7.99. The van der Waals surface area contributed by atoms with Crippen LogP contribution in [0.5, 0.6) is 0 Å². The summed E-state index contributed by atoms with van der Waals surface area (Å²) in [5.41, 5.74) is 2.78. The van der Waals surface area contributed by atoms with E-state index in [1.54, 1.807) is 35.9 Å². The molecule has 0 spiro atoms. The van der Waals surface area contributed by atoms with Crippen molar-refractivity contribution in [3.63, 3.8) is 0 Å². The second kappa shape index (κ2) is 7.98. The van der Waals surface area contributed by atoms with Crippen molar-refractivity contribution in [2.24, 2.45) is 0 Å². The molecular formula is C19H18FN3OS. The zero-order valence-corrected chi connectivity index (χ0v) is 14.6. The fraction of sp³-hybridized carbons (Fsp3) is 0.211. The molecule has 0 fully saturated rings. The van der Waals surface area contributed by atoms with Gasteiger partial charge in [0.25, 0.3) is 0 Å². The standard InChI is InChI=1S/C19H18FN3OS/c1-13-17(25-19(23-13)15-3-2-9-21-12-15)8-10-22-18(24)11-14-4-6-16(20)7-5-14/h2-7,9,12H,8,10-11H2,1H3,(H,22,24). The third-order valence-electron chi connectivity index (χ3n) is 3.75. The summed E-state index contributed by atoms with van der Waals surface area (Å²) < 4.78 is 12.9. The number of aryl methyl sites for hydroxylation is 1. The molecule has 0 bridgehead atoms. The Bertz CT molecular complexity index is 847. The minimum Gasteiger partial charge on any atom is -0.355 e. The van der Waals surface area contributed by atoms with Crippen molar-refractivity contribution in [2.45, 2.75) is 19.8 Å². The van der Waals surface area contributed by atoms with Gasteiger partial charge in [-0.05, 0) is 36.8 Å². The number of amides is 1. The molecule has 6 heteroatoms. The highest BCUT2D eigenvalue weighted by Crippen LogP contribution is 2.27. The van der Waals surface area contributed by atoms with Crippen LogP contribution in [0.4, 0.5) is 4.39 Å². The van der Waals surface area contributed by atoms with Crippen LogP contribution in [0.25, 0.3) is 10.6 Å². The van der Waals surface area contributed by atoms with Gasteiger partial charge in [0.15, 0.2) is 0 Å². The molecule has 0 saturated carbocycles. The molecule has 0 aliphatic rings. The van der Waals surface area contributed by atoms with E-state index in [9.17, 15) is 9.18 Å². The summed E-state index contributed by atoms with van der Waals surface area (Å²) in [5, 5.41) is 3.85. The molecule has 4 nitrogen and oxygen atoms in total. The lowest BCUT2D eigenvalue weighted by atomic mass is 10.1. The number of hydrogen-bond acceptors (Lipinski definition) is 4. The summed E-state index contributed by atoms with van der Waals surface area (Å²) >= 11 is 1.63. The number of nitrogens with zero attached hydrogens (tertiary/aromatic N) is 2. The first kappa shape index (κ1) is 17.2. The lowest BCUT2D eigenvalue weighted by molar-refractivity contribution is -0.120. The maximum atomic E-state index is 12.9. The van der Waals surface area contributed by atoms with Gasteiger partial charge in [-0.3, -0.25) is 9.78 Å². The number of halogens is 1. The van der Waals surface area contributed by atoms with Crippen LogP contribution in [0, 0.1) is 12.7 Å². The van der Waals surface area contributed by atoms with E-state index in [2.05, 4.69) is 15.3 Å². The number of rotatable bonds is 6. The Hall–Kier alpha value is -2.60. The van der Waals surface area contributed by atoms with E-state index in [4.69, 9.17) is 0 Å². The smallest absolute Gasteiger partial charge is 0.224 e. The van der Waals surface area contributed by atoms with Crippen molar-refractivity contribution < 1.29 is 9.18 Å². The summed E-state index contributed by atoms with van der Waals surface area (Å²) in [6.45, 7) is 2.53. The third-order valence-corrected chi connectivity index (χ3v) is 5.02.